The molecular formula is C12H14F3N. The van der Waals surface area contributed by atoms with Crippen LogP contribution in [0, 0.1) is 11.7 Å². The van der Waals surface area contributed by atoms with E-state index in [9.17, 15) is 13.2 Å². The molecule has 0 atom stereocenters. The first kappa shape index (κ1) is 11.3. The van der Waals surface area contributed by atoms with Crippen molar-refractivity contribution in [2.24, 2.45) is 5.92 Å². The maximum absolute atomic E-state index is 12.8. The van der Waals surface area contributed by atoms with Crippen LogP contribution in [0.1, 0.15) is 31.3 Å². The summed E-state index contributed by atoms with van der Waals surface area (Å²) in [5.74, 6) is -0.0416. The highest BCUT2D eigenvalue weighted by Gasteiger charge is 2.19. The fraction of sp³-hybridized carbons (Fsp3) is 0.500. The highest BCUT2D eigenvalue weighted by Crippen LogP contribution is 2.30. The molecule has 1 aliphatic rings. The van der Waals surface area contributed by atoms with E-state index in [-0.39, 0.29) is 5.56 Å². The van der Waals surface area contributed by atoms with Crippen LogP contribution in [0.15, 0.2) is 18.2 Å². The predicted molar refractivity (Wildman–Crippen MR) is 57.2 cm³/mol. The largest absolute Gasteiger partial charge is 0.384 e. The van der Waals surface area contributed by atoms with Gasteiger partial charge in [0.15, 0.2) is 0 Å². The minimum absolute atomic E-state index is 0.251. The number of anilines is 1. The first-order valence-electron chi connectivity index (χ1n) is 5.48. The number of nitrogens with one attached hydrogen (secondary N) is 1. The van der Waals surface area contributed by atoms with Crippen LogP contribution in [0.3, 0.4) is 0 Å². The van der Waals surface area contributed by atoms with Crippen LogP contribution in [0.5, 0.6) is 0 Å². The Kier molecular flexibility index (Phi) is 3.36. The number of rotatable bonds is 4. The van der Waals surface area contributed by atoms with Crippen LogP contribution in [-0.4, -0.2) is 6.54 Å². The van der Waals surface area contributed by atoms with E-state index in [2.05, 4.69) is 5.32 Å². The van der Waals surface area contributed by atoms with Crippen LogP contribution in [0.2, 0.25) is 0 Å². The lowest BCUT2D eigenvalue weighted by atomic mass is 9.85. The summed E-state index contributed by atoms with van der Waals surface area (Å²) in [6, 6.07) is 3.48. The van der Waals surface area contributed by atoms with Crippen molar-refractivity contribution in [2.75, 3.05) is 11.9 Å². The molecule has 0 spiro atoms. The van der Waals surface area contributed by atoms with E-state index in [0.717, 1.165) is 18.9 Å². The molecule has 1 saturated carbocycles. The van der Waals surface area contributed by atoms with Gasteiger partial charge in [-0.25, -0.2) is 13.2 Å². The molecule has 0 aromatic heterocycles. The average Bonchev–Trinajstić information content (AvgIpc) is 2.17. The third kappa shape index (κ3) is 2.49. The van der Waals surface area contributed by atoms with Crippen molar-refractivity contribution in [3.63, 3.8) is 0 Å². The van der Waals surface area contributed by atoms with Crippen LogP contribution < -0.4 is 5.32 Å². The highest BCUT2D eigenvalue weighted by molar-refractivity contribution is 5.52. The molecule has 0 amide bonds. The van der Waals surface area contributed by atoms with Gasteiger partial charge in [-0.2, -0.15) is 0 Å². The quantitative estimate of drug-likeness (QED) is 0.823. The summed E-state index contributed by atoms with van der Waals surface area (Å²) in [4.78, 5) is 0. The molecule has 2 rings (SSSR count). The lowest BCUT2D eigenvalue weighted by Gasteiger charge is -2.26. The van der Waals surface area contributed by atoms with E-state index >= 15 is 0 Å². The van der Waals surface area contributed by atoms with Crippen molar-refractivity contribution in [2.45, 2.75) is 25.7 Å². The second-order valence-corrected chi connectivity index (χ2v) is 4.21. The Morgan fingerprint density at radius 1 is 1.31 bits per heavy atom. The molecule has 1 aliphatic carbocycles. The first-order chi connectivity index (χ1) is 7.66. The predicted octanol–water partition coefficient (Wildman–Crippen LogP) is 3.98. The molecule has 4 heteroatoms. The normalized spacial score (nSPS) is 16.2. The third-order valence-corrected chi connectivity index (χ3v) is 3.05. The monoisotopic (exact) mass is 229 g/mol. The maximum atomic E-state index is 12.8. The van der Waals surface area contributed by atoms with E-state index in [1.807, 2.05) is 0 Å². The lowest BCUT2D eigenvalue weighted by molar-refractivity contribution is 0.151. The molecule has 1 aromatic carbocycles. The van der Waals surface area contributed by atoms with Gasteiger partial charge in [0.2, 0.25) is 0 Å². The minimum atomic E-state index is -2.64. The van der Waals surface area contributed by atoms with Crippen LogP contribution >= 0.6 is 0 Å². The molecule has 0 unspecified atom stereocenters. The number of alkyl halides is 2. The van der Waals surface area contributed by atoms with Crippen molar-refractivity contribution in [3.05, 3.63) is 29.6 Å². The lowest BCUT2D eigenvalue weighted by Crippen LogP contribution is -2.21. The van der Waals surface area contributed by atoms with Gasteiger partial charge in [0.05, 0.1) is 0 Å². The topological polar surface area (TPSA) is 12.0 Å². The summed E-state index contributed by atoms with van der Waals surface area (Å²) in [7, 11) is 0. The summed E-state index contributed by atoms with van der Waals surface area (Å²) in [5.41, 5.74) is 0.0997. The van der Waals surface area contributed by atoms with E-state index in [4.69, 9.17) is 0 Å². The molecule has 0 aliphatic heterocycles. The van der Waals surface area contributed by atoms with Gasteiger partial charge in [0, 0.05) is 17.8 Å². The zero-order valence-electron chi connectivity index (χ0n) is 8.85. The van der Waals surface area contributed by atoms with E-state index in [1.54, 1.807) is 0 Å². The summed E-state index contributed by atoms with van der Waals surface area (Å²) in [6.45, 7) is 0.700. The SMILES string of the molecule is Fc1ccc(NCC2CCC2)c(C(F)F)c1. The van der Waals surface area contributed by atoms with Crippen molar-refractivity contribution >= 4 is 5.69 Å². The fourth-order valence-electron chi connectivity index (χ4n) is 1.83. The standard InChI is InChI=1S/C12H14F3N/c13-9-4-5-11(10(6-9)12(14)15)16-7-8-2-1-3-8/h4-6,8,12,16H,1-3,7H2. The zero-order chi connectivity index (χ0) is 11.5. The summed E-state index contributed by atoms with van der Waals surface area (Å²) in [6.07, 6.45) is 0.882. The van der Waals surface area contributed by atoms with Crippen molar-refractivity contribution in [1.29, 1.82) is 0 Å². The van der Waals surface area contributed by atoms with Gasteiger partial charge in [-0.15, -0.1) is 0 Å². The minimum Gasteiger partial charge on any atom is -0.384 e. The molecule has 0 saturated heterocycles. The number of hydrogen-bond donors (Lipinski definition) is 1. The second-order valence-electron chi connectivity index (χ2n) is 4.21. The molecule has 0 bridgehead atoms. The van der Waals surface area contributed by atoms with E-state index in [0.29, 0.717) is 18.2 Å². The summed E-state index contributed by atoms with van der Waals surface area (Å²) < 4.78 is 38.1. The van der Waals surface area contributed by atoms with Gasteiger partial charge in [0.1, 0.15) is 5.82 Å². The van der Waals surface area contributed by atoms with Gasteiger partial charge in [-0.3, -0.25) is 0 Å². The molecule has 1 nitrogen and oxygen atoms in total. The Balaban J connectivity index is 2.05. The average molecular weight is 229 g/mol. The summed E-state index contributed by atoms with van der Waals surface area (Å²) >= 11 is 0. The zero-order valence-corrected chi connectivity index (χ0v) is 8.85. The second kappa shape index (κ2) is 4.76. The van der Waals surface area contributed by atoms with E-state index < -0.39 is 12.2 Å². The molecule has 16 heavy (non-hydrogen) atoms. The molecule has 1 aromatic rings. The number of halogens is 3. The Morgan fingerprint density at radius 3 is 2.62 bits per heavy atom. The van der Waals surface area contributed by atoms with Crippen LogP contribution in [0.25, 0.3) is 0 Å². The van der Waals surface area contributed by atoms with Gasteiger partial charge >= 0.3 is 0 Å². The van der Waals surface area contributed by atoms with Crippen molar-refractivity contribution in [3.8, 4) is 0 Å². The van der Waals surface area contributed by atoms with E-state index in [1.165, 1.54) is 18.6 Å². The highest BCUT2D eigenvalue weighted by atomic mass is 19.3. The smallest absolute Gasteiger partial charge is 0.265 e. The maximum Gasteiger partial charge on any atom is 0.265 e. The molecule has 1 N–H and O–H groups in total. The number of hydrogen-bond acceptors (Lipinski definition) is 1. The van der Waals surface area contributed by atoms with Gasteiger partial charge in [-0.1, -0.05) is 6.42 Å². The third-order valence-electron chi connectivity index (χ3n) is 3.05. The van der Waals surface area contributed by atoms with Gasteiger partial charge in [0.25, 0.3) is 6.43 Å². The van der Waals surface area contributed by atoms with Crippen LogP contribution in [-0.2, 0) is 0 Å². The fourth-order valence-corrected chi connectivity index (χ4v) is 1.83. The van der Waals surface area contributed by atoms with Crippen LogP contribution in [0.4, 0.5) is 18.9 Å². The van der Waals surface area contributed by atoms with Gasteiger partial charge < -0.3 is 5.32 Å². The number of benzene rings is 1. The first-order valence-corrected chi connectivity index (χ1v) is 5.48. The Morgan fingerprint density at radius 2 is 2.06 bits per heavy atom. The Bertz CT molecular complexity index is 361. The molecule has 0 heterocycles. The van der Waals surface area contributed by atoms with Crippen molar-refractivity contribution in [1.82, 2.24) is 0 Å². The molecule has 1 fully saturated rings. The molecular weight excluding hydrogens is 215 g/mol. The Labute approximate surface area is 92.7 Å². The van der Waals surface area contributed by atoms with Crippen molar-refractivity contribution < 1.29 is 13.2 Å². The molecule has 0 radical (unpaired) electrons. The molecule has 88 valence electrons. The summed E-state index contributed by atoms with van der Waals surface area (Å²) in [5, 5.41) is 2.98. The van der Waals surface area contributed by atoms with Gasteiger partial charge in [-0.05, 0) is 37.0 Å². The Hall–Kier alpha value is -1.19.